The highest BCUT2D eigenvalue weighted by Gasteiger charge is 2.24. The van der Waals surface area contributed by atoms with E-state index in [9.17, 15) is 5.11 Å². The molecule has 24 heavy (non-hydrogen) atoms. The Kier molecular flexibility index (Phi) is 6.57. The van der Waals surface area contributed by atoms with Gasteiger partial charge in [0.2, 0.25) is 5.88 Å². The summed E-state index contributed by atoms with van der Waals surface area (Å²) in [4.78, 5) is 9.63. The third-order valence-electron chi connectivity index (χ3n) is 3.45. The third kappa shape index (κ3) is 4.94. The minimum atomic E-state index is -0.948. The van der Waals surface area contributed by atoms with E-state index in [1.807, 2.05) is 36.6 Å². The predicted molar refractivity (Wildman–Crippen MR) is 97.5 cm³/mol. The van der Waals surface area contributed by atoms with Crippen molar-refractivity contribution in [1.29, 1.82) is 0 Å². The molecule has 2 aromatic rings. The Morgan fingerprint density at radius 2 is 2.21 bits per heavy atom. The van der Waals surface area contributed by atoms with E-state index in [1.54, 1.807) is 20.2 Å². The van der Waals surface area contributed by atoms with Crippen molar-refractivity contribution >= 4 is 17.3 Å². The number of rotatable bonds is 7. The van der Waals surface area contributed by atoms with Crippen molar-refractivity contribution in [3.63, 3.8) is 0 Å². The Bertz CT molecular complexity index is 656. The molecular weight excluding hydrogens is 324 g/mol. The Balaban J connectivity index is 2.03. The smallest absolute Gasteiger partial charge is 0.218 e. The maximum absolute atomic E-state index is 10.6. The van der Waals surface area contributed by atoms with Gasteiger partial charge in [-0.1, -0.05) is 12.1 Å². The number of hydrogen-bond acceptors (Lipinski definition) is 5. The molecule has 0 aromatic carbocycles. The lowest BCUT2D eigenvalue weighted by molar-refractivity contribution is 0.0655. The van der Waals surface area contributed by atoms with Crippen LogP contribution in [0.1, 0.15) is 24.3 Å². The van der Waals surface area contributed by atoms with Gasteiger partial charge in [-0.3, -0.25) is 0 Å². The summed E-state index contributed by atoms with van der Waals surface area (Å²) in [5, 5.41) is 18.9. The van der Waals surface area contributed by atoms with Gasteiger partial charge in [-0.25, -0.2) is 9.98 Å². The number of aliphatic imine (C=N–C) groups is 1. The Morgan fingerprint density at radius 1 is 1.38 bits per heavy atom. The van der Waals surface area contributed by atoms with Crippen LogP contribution in [0.25, 0.3) is 0 Å². The van der Waals surface area contributed by atoms with Crippen molar-refractivity contribution < 1.29 is 9.84 Å². The summed E-state index contributed by atoms with van der Waals surface area (Å²) in [5.41, 5.74) is -0.0432. The van der Waals surface area contributed by atoms with Crippen LogP contribution in [0.5, 0.6) is 5.88 Å². The maximum atomic E-state index is 10.6. The van der Waals surface area contributed by atoms with E-state index < -0.39 is 5.60 Å². The van der Waals surface area contributed by atoms with Crippen LogP contribution in [0.2, 0.25) is 0 Å². The lowest BCUT2D eigenvalue weighted by Crippen LogP contribution is -2.44. The molecule has 130 valence electrons. The van der Waals surface area contributed by atoms with E-state index in [1.165, 1.54) is 11.3 Å². The van der Waals surface area contributed by atoms with Crippen LogP contribution >= 0.6 is 11.3 Å². The van der Waals surface area contributed by atoms with Crippen LogP contribution in [-0.4, -0.2) is 36.2 Å². The minimum Gasteiger partial charge on any atom is -0.481 e. The van der Waals surface area contributed by atoms with Crippen molar-refractivity contribution in [3.05, 3.63) is 46.3 Å². The topological polar surface area (TPSA) is 78.8 Å². The lowest BCUT2D eigenvalue weighted by atomic mass is 10.1. The molecule has 2 heterocycles. The summed E-state index contributed by atoms with van der Waals surface area (Å²) < 4.78 is 5.24. The Labute approximate surface area is 146 Å². The van der Waals surface area contributed by atoms with Crippen LogP contribution in [0.15, 0.2) is 40.8 Å². The van der Waals surface area contributed by atoms with E-state index in [4.69, 9.17) is 4.74 Å². The summed E-state index contributed by atoms with van der Waals surface area (Å²) in [7, 11) is 1.59. The zero-order valence-electron chi connectivity index (χ0n) is 14.2. The van der Waals surface area contributed by atoms with Crippen molar-refractivity contribution in [2.75, 3.05) is 20.2 Å². The van der Waals surface area contributed by atoms with Crippen molar-refractivity contribution in [2.24, 2.45) is 4.99 Å². The zero-order valence-corrected chi connectivity index (χ0v) is 15.1. The number of nitrogens with one attached hydrogen (secondary N) is 2. The van der Waals surface area contributed by atoms with E-state index in [2.05, 4.69) is 20.6 Å². The molecule has 0 aliphatic heterocycles. The average molecular weight is 348 g/mol. The Hall–Kier alpha value is -2.12. The van der Waals surface area contributed by atoms with Gasteiger partial charge in [-0.05, 0) is 31.4 Å². The predicted octanol–water partition coefficient (Wildman–Crippen LogP) is 2.11. The molecule has 0 aliphatic carbocycles. The van der Waals surface area contributed by atoms with Gasteiger partial charge < -0.3 is 20.5 Å². The fourth-order valence-electron chi connectivity index (χ4n) is 2.16. The minimum absolute atomic E-state index is 0.365. The fourth-order valence-corrected chi connectivity index (χ4v) is 2.95. The van der Waals surface area contributed by atoms with Gasteiger partial charge in [0.1, 0.15) is 5.60 Å². The molecule has 7 heteroatoms. The second-order valence-corrected chi connectivity index (χ2v) is 6.42. The molecule has 0 amide bonds. The van der Waals surface area contributed by atoms with Gasteiger partial charge >= 0.3 is 0 Å². The van der Waals surface area contributed by atoms with E-state index in [0.29, 0.717) is 24.9 Å². The molecule has 0 saturated carbocycles. The molecule has 0 fully saturated rings. The molecule has 1 unspecified atom stereocenters. The molecule has 2 rings (SSSR count). The molecule has 0 saturated heterocycles. The van der Waals surface area contributed by atoms with Crippen LogP contribution in [0.3, 0.4) is 0 Å². The van der Waals surface area contributed by atoms with E-state index in [-0.39, 0.29) is 0 Å². The molecule has 0 spiro atoms. The number of guanidine groups is 1. The van der Waals surface area contributed by atoms with Crippen LogP contribution < -0.4 is 15.4 Å². The second-order valence-electron chi connectivity index (χ2n) is 5.47. The summed E-state index contributed by atoms with van der Waals surface area (Å²) in [6.07, 6.45) is 1.69. The first-order valence-corrected chi connectivity index (χ1v) is 8.71. The molecule has 3 N–H and O–H groups in total. The lowest BCUT2D eigenvalue weighted by Gasteiger charge is -2.23. The first-order chi connectivity index (χ1) is 11.6. The second kappa shape index (κ2) is 8.65. The molecular formula is C17H24N4O2S. The number of nitrogens with zero attached hydrogens (tertiary/aromatic N) is 2. The van der Waals surface area contributed by atoms with Gasteiger partial charge in [0.25, 0.3) is 0 Å². The van der Waals surface area contributed by atoms with Crippen molar-refractivity contribution in [2.45, 2.75) is 26.0 Å². The van der Waals surface area contributed by atoms with E-state index in [0.717, 1.165) is 17.0 Å². The quantitative estimate of drug-likeness (QED) is 0.528. The summed E-state index contributed by atoms with van der Waals surface area (Å²) in [6, 6.07) is 7.65. The van der Waals surface area contributed by atoms with Gasteiger partial charge in [0.15, 0.2) is 5.96 Å². The van der Waals surface area contributed by atoms with Crippen LogP contribution in [0.4, 0.5) is 0 Å². The highest BCUT2D eigenvalue weighted by molar-refractivity contribution is 7.10. The number of ether oxygens (including phenoxy) is 1. The first-order valence-electron chi connectivity index (χ1n) is 7.83. The SMILES string of the molecule is CCNC(=NCc1cccnc1OC)NCC(C)(O)c1cccs1. The number of pyridine rings is 1. The van der Waals surface area contributed by atoms with Crippen molar-refractivity contribution in [1.82, 2.24) is 15.6 Å². The zero-order chi connectivity index (χ0) is 17.4. The monoisotopic (exact) mass is 348 g/mol. The van der Waals surface area contributed by atoms with Gasteiger partial charge in [0.05, 0.1) is 20.2 Å². The fraction of sp³-hybridized carbons (Fsp3) is 0.412. The highest BCUT2D eigenvalue weighted by atomic mass is 32.1. The maximum Gasteiger partial charge on any atom is 0.218 e. The number of methoxy groups -OCH3 is 1. The molecule has 2 aromatic heterocycles. The van der Waals surface area contributed by atoms with Crippen LogP contribution in [-0.2, 0) is 12.1 Å². The first kappa shape index (κ1) is 18.2. The van der Waals surface area contributed by atoms with Crippen LogP contribution in [0, 0.1) is 0 Å². The average Bonchev–Trinajstić information content (AvgIpc) is 3.13. The number of aliphatic hydroxyl groups is 1. The van der Waals surface area contributed by atoms with Gasteiger partial charge in [-0.2, -0.15) is 0 Å². The third-order valence-corrected chi connectivity index (χ3v) is 4.57. The summed E-state index contributed by atoms with van der Waals surface area (Å²) in [6.45, 7) is 5.33. The standard InChI is InChI=1S/C17H24N4O2S/c1-4-18-16(20-11-13-7-5-9-19-15(13)23-3)21-12-17(2,22)14-8-6-10-24-14/h5-10,22H,4,11-12H2,1-3H3,(H2,18,20,21). The largest absolute Gasteiger partial charge is 0.481 e. The highest BCUT2D eigenvalue weighted by Crippen LogP contribution is 2.24. The molecule has 0 aliphatic rings. The Morgan fingerprint density at radius 3 is 2.88 bits per heavy atom. The number of thiophene rings is 1. The normalized spacial score (nSPS) is 14.1. The molecule has 6 nitrogen and oxygen atoms in total. The van der Waals surface area contributed by atoms with Gasteiger partial charge in [0, 0.05) is 23.2 Å². The molecule has 0 bridgehead atoms. The number of aromatic nitrogens is 1. The van der Waals surface area contributed by atoms with E-state index >= 15 is 0 Å². The van der Waals surface area contributed by atoms with Gasteiger partial charge in [-0.15, -0.1) is 11.3 Å². The molecule has 0 radical (unpaired) electrons. The number of hydrogen-bond donors (Lipinski definition) is 3. The van der Waals surface area contributed by atoms with Crippen molar-refractivity contribution in [3.8, 4) is 5.88 Å². The molecule has 1 atom stereocenters. The summed E-state index contributed by atoms with van der Waals surface area (Å²) in [5.74, 6) is 1.21. The summed E-state index contributed by atoms with van der Waals surface area (Å²) >= 11 is 1.53.